The van der Waals surface area contributed by atoms with Gasteiger partial charge in [0.2, 0.25) is 0 Å². The van der Waals surface area contributed by atoms with Gasteiger partial charge in [0.1, 0.15) is 11.5 Å². The van der Waals surface area contributed by atoms with Crippen molar-refractivity contribution in [1.82, 2.24) is 9.88 Å². The second kappa shape index (κ2) is 9.02. The molecular weight excluding hydrogens is 451 g/mol. The maximum atomic E-state index is 13.1. The minimum absolute atomic E-state index is 0.0255. The van der Waals surface area contributed by atoms with Crippen LogP contribution in [0.5, 0.6) is 5.75 Å². The van der Waals surface area contributed by atoms with E-state index in [0.717, 1.165) is 5.56 Å². The average molecular weight is 469 g/mol. The first-order valence-electron chi connectivity index (χ1n) is 9.67. The molecule has 1 amide bonds. The molecule has 3 aromatic rings. The zero-order valence-electron chi connectivity index (χ0n) is 17.0. The summed E-state index contributed by atoms with van der Waals surface area (Å²) < 4.78 is 5.22. The Labute approximate surface area is 194 Å². The number of rotatable bonds is 5. The summed E-state index contributed by atoms with van der Waals surface area (Å²) in [5.74, 6) is -1.19. The number of amides is 1. The van der Waals surface area contributed by atoms with Gasteiger partial charge < -0.3 is 14.7 Å². The number of hydrogen-bond donors (Lipinski definition) is 1. The van der Waals surface area contributed by atoms with Gasteiger partial charge in [-0.25, -0.2) is 0 Å². The fourth-order valence-corrected chi connectivity index (χ4v) is 3.96. The number of ether oxygens (including phenoxy) is 1. The minimum atomic E-state index is -0.810. The summed E-state index contributed by atoms with van der Waals surface area (Å²) in [7, 11) is 1.55. The molecule has 8 heteroatoms. The molecule has 0 spiro atoms. The standard InChI is InChI=1S/C24H18Cl2N2O4/c1-32-17-7-4-15(5-8-17)21-20(22(29)16-6-9-18(25)19(26)11-16)23(30)24(31)28(21)13-14-3-2-10-27-12-14/h2-12,21,29H,13H2,1H3/b22-20-. The Balaban J connectivity index is 1.86. The molecule has 2 aromatic carbocycles. The van der Waals surface area contributed by atoms with Crippen molar-refractivity contribution in [3.8, 4) is 5.75 Å². The molecule has 0 radical (unpaired) electrons. The fraction of sp³-hybridized carbons (Fsp3) is 0.125. The summed E-state index contributed by atoms with van der Waals surface area (Å²) in [5.41, 5.74) is 1.66. The van der Waals surface area contributed by atoms with Crippen LogP contribution in [0.2, 0.25) is 10.0 Å². The topological polar surface area (TPSA) is 79.7 Å². The van der Waals surface area contributed by atoms with Crippen molar-refractivity contribution < 1.29 is 19.4 Å². The van der Waals surface area contributed by atoms with Gasteiger partial charge in [-0.15, -0.1) is 0 Å². The zero-order valence-corrected chi connectivity index (χ0v) is 18.5. The lowest BCUT2D eigenvalue weighted by molar-refractivity contribution is -0.140. The number of pyridine rings is 1. The van der Waals surface area contributed by atoms with Gasteiger partial charge in [0.05, 0.1) is 28.8 Å². The maximum absolute atomic E-state index is 13.1. The number of likely N-dealkylation sites (tertiary alicyclic amines) is 1. The summed E-state index contributed by atoms with van der Waals surface area (Å²) in [4.78, 5) is 31.6. The molecule has 162 valence electrons. The number of aliphatic hydroxyl groups is 1. The SMILES string of the molecule is COc1ccc(C2/C(=C(/O)c3ccc(Cl)c(Cl)c3)C(=O)C(=O)N2Cc2cccnc2)cc1. The van der Waals surface area contributed by atoms with Crippen LogP contribution in [-0.2, 0) is 16.1 Å². The number of ketones is 1. The first-order chi connectivity index (χ1) is 15.4. The number of benzene rings is 2. The summed E-state index contributed by atoms with van der Waals surface area (Å²) in [6.45, 7) is 0.146. The first-order valence-corrected chi connectivity index (χ1v) is 10.4. The van der Waals surface area contributed by atoms with E-state index in [1.54, 1.807) is 55.9 Å². The molecule has 4 rings (SSSR count). The molecule has 1 N–H and O–H groups in total. The summed E-state index contributed by atoms with van der Waals surface area (Å²) in [5, 5.41) is 11.6. The predicted octanol–water partition coefficient (Wildman–Crippen LogP) is 5.02. The highest BCUT2D eigenvalue weighted by Gasteiger charge is 2.46. The van der Waals surface area contributed by atoms with Crippen LogP contribution in [0.1, 0.15) is 22.7 Å². The van der Waals surface area contributed by atoms with Crippen LogP contribution in [0.3, 0.4) is 0 Å². The molecule has 0 aliphatic carbocycles. The monoisotopic (exact) mass is 468 g/mol. The van der Waals surface area contributed by atoms with Crippen LogP contribution in [0.4, 0.5) is 0 Å². The quantitative estimate of drug-likeness (QED) is 0.323. The first kappa shape index (κ1) is 21.9. The third-order valence-corrected chi connectivity index (χ3v) is 5.98. The van der Waals surface area contributed by atoms with E-state index in [1.807, 2.05) is 6.07 Å². The molecule has 6 nitrogen and oxygen atoms in total. The molecule has 1 aliphatic heterocycles. The number of methoxy groups -OCH3 is 1. The molecular formula is C24H18Cl2N2O4. The van der Waals surface area contributed by atoms with E-state index in [1.165, 1.54) is 17.0 Å². The van der Waals surface area contributed by atoms with Gasteiger partial charge >= 0.3 is 0 Å². The fourth-order valence-electron chi connectivity index (χ4n) is 3.66. The molecule has 1 aliphatic rings. The molecule has 1 fully saturated rings. The summed E-state index contributed by atoms with van der Waals surface area (Å²) in [6.07, 6.45) is 3.26. The second-order valence-corrected chi connectivity index (χ2v) is 8.00. The van der Waals surface area contributed by atoms with Crippen LogP contribution in [0.25, 0.3) is 5.76 Å². The van der Waals surface area contributed by atoms with Crippen LogP contribution < -0.4 is 4.74 Å². The number of aromatic nitrogens is 1. The lowest BCUT2D eigenvalue weighted by atomic mass is 9.95. The Bertz CT molecular complexity index is 1210. The smallest absolute Gasteiger partial charge is 0.295 e. The van der Waals surface area contributed by atoms with E-state index in [2.05, 4.69) is 4.98 Å². The molecule has 0 bridgehead atoms. The number of aliphatic hydroxyl groups excluding tert-OH is 1. The Morgan fingerprint density at radius 2 is 1.84 bits per heavy atom. The number of hydrogen-bond acceptors (Lipinski definition) is 5. The molecule has 2 heterocycles. The lowest BCUT2D eigenvalue weighted by Gasteiger charge is -2.25. The minimum Gasteiger partial charge on any atom is -0.507 e. The highest BCUT2D eigenvalue weighted by atomic mass is 35.5. The zero-order chi connectivity index (χ0) is 22.8. The van der Waals surface area contributed by atoms with E-state index in [0.29, 0.717) is 16.3 Å². The Morgan fingerprint density at radius 1 is 1.09 bits per heavy atom. The Morgan fingerprint density at radius 3 is 2.47 bits per heavy atom. The Hall–Kier alpha value is -3.35. The van der Waals surface area contributed by atoms with Crippen molar-refractivity contribution in [1.29, 1.82) is 0 Å². The van der Waals surface area contributed by atoms with Crippen LogP contribution in [0, 0.1) is 0 Å². The summed E-state index contributed by atoms with van der Waals surface area (Å²) in [6, 6.07) is 14.3. The van der Waals surface area contributed by atoms with Crippen LogP contribution in [-0.4, -0.2) is 33.8 Å². The van der Waals surface area contributed by atoms with Crippen LogP contribution in [0.15, 0.2) is 72.6 Å². The van der Waals surface area contributed by atoms with E-state index in [9.17, 15) is 14.7 Å². The average Bonchev–Trinajstić information content (AvgIpc) is 3.06. The lowest BCUT2D eigenvalue weighted by Crippen LogP contribution is -2.29. The molecule has 0 saturated carbocycles. The molecule has 32 heavy (non-hydrogen) atoms. The normalized spacial score (nSPS) is 17.6. The van der Waals surface area contributed by atoms with E-state index >= 15 is 0 Å². The number of carbonyl (C=O) groups excluding carboxylic acids is 2. The van der Waals surface area contributed by atoms with Gasteiger partial charge in [-0.05, 0) is 47.5 Å². The Kier molecular flexibility index (Phi) is 6.17. The van der Waals surface area contributed by atoms with Gasteiger partial charge in [-0.3, -0.25) is 14.6 Å². The van der Waals surface area contributed by atoms with Gasteiger partial charge in [-0.1, -0.05) is 41.4 Å². The third-order valence-electron chi connectivity index (χ3n) is 5.24. The van der Waals surface area contributed by atoms with Crippen molar-refractivity contribution in [3.63, 3.8) is 0 Å². The molecule has 1 unspecified atom stereocenters. The maximum Gasteiger partial charge on any atom is 0.295 e. The summed E-state index contributed by atoms with van der Waals surface area (Å²) >= 11 is 12.1. The number of carbonyl (C=O) groups is 2. The molecule has 1 atom stereocenters. The number of nitrogens with zero attached hydrogens (tertiary/aromatic N) is 2. The van der Waals surface area contributed by atoms with E-state index in [-0.39, 0.29) is 28.5 Å². The van der Waals surface area contributed by atoms with Gasteiger partial charge in [0.25, 0.3) is 11.7 Å². The van der Waals surface area contributed by atoms with Crippen molar-refractivity contribution in [3.05, 3.63) is 99.3 Å². The van der Waals surface area contributed by atoms with Gasteiger partial charge in [0, 0.05) is 24.5 Å². The largest absolute Gasteiger partial charge is 0.507 e. The second-order valence-electron chi connectivity index (χ2n) is 7.19. The highest BCUT2D eigenvalue weighted by Crippen LogP contribution is 2.41. The van der Waals surface area contributed by atoms with Gasteiger partial charge in [-0.2, -0.15) is 0 Å². The van der Waals surface area contributed by atoms with Crippen molar-refractivity contribution in [2.75, 3.05) is 7.11 Å². The van der Waals surface area contributed by atoms with E-state index in [4.69, 9.17) is 27.9 Å². The van der Waals surface area contributed by atoms with Crippen molar-refractivity contribution >= 4 is 40.7 Å². The number of halogens is 2. The van der Waals surface area contributed by atoms with Crippen molar-refractivity contribution in [2.45, 2.75) is 12.6 Å². The molecule has 1 saturated heterocycles. The van der Waals surface area contributed by atoms with Gasteiger partial charge in [0.15, 0.2) is 0 Å². The number of Topliss-reactive ketones (excluding diaryl/α,β-unsaturated/α-hetero) is 1. The molecule has 1 aromatic heterocycles. The predicted molar refractivity (Wildman–Crippen MR) is 122 cm³/mol. The third kappa shape index (κ3) is 4.07. The van der Waals surface area contributed by atoms with E-state index < -0.39 is 17.7 Å². The highest BCUT2D eigenvalue weighted by molar-refractivity contribution is 6.46. The van der Waals surface area contributed by atoms with Crippen molar-refractivity contribution in [2.24, 2.45) is 0 Å². The van der Waals surface area contributed by atoms with Crippen LogP contribution >= 0.6 is 23.2 Å².